The molecule has 0 unspecified atom stereocenters. The van der Waals surface area contributed by atoms with E-state index < -0.39 is 11.8 Å². The van der Waals surface area contributed by atoms with Gasteiger partial charge in [-0.15, -0.1) is 11.3 Å². The molecule has 0 aliphatic heterocycles. The number of aryl methyl sites for hydroxylation is 1. The summed E-state index contributed by atoms with van der Waals surface area (Å²) >= 11 is 1.04. The molecule has 0 spiro atoms. The summed E-state index contributed by atoms with van der Waals surface area (Å²) in [6.07, 6.45) is 0. The molecule has 0 aliphatic rings. The van der Waals surface area contributed by atoms with Crippen LogP contribution in [0.15, 0.2) is 18.2 Å². The lowest BCUT2D eigenvalue weighted by molar-refractivity contribution is 0.0701. The Bertz CT molecular complexity index is 609. The predicted molar refractivity (Wildman–Crippen MR) is 65.8 cm³/mol. The van der Waals surface area contributed by atoms with Gasteiger partial charge in [0.2, 0.25) is 0 Å². The number of benzene rings is 1. The normalized spacial score (nSPS) is 10.4. The Morgan fingerprint density at radius 2 is 2.22 bits per heavy atom. The van der Waals surface area contributed by atoms with Crippen molar-refractivity contribution in [3.8, 4) is 16.3 Å². The molecule has 1 aromatic heterocycles. The average molecular weight is 267 g/mol. The van der Waals surface area contributed by atoms with E-state index in [0.717, 1.165) is 11.3 Å². The second-order valence-corrected chi connectivity index (χ2v) is 4.58. The van der Waals surface area contributed by atoms with Crippen molar-refractivity contribution in [3.05, 3.63) is 34.6 Å². The first-order valence-corrected chi connectivity index (χ1v) is 5.89. The van der Waals surface area contributed by atoms with Crippen LogP contribution in [0.2, 0.25) is 0 Å². The van der Waals surface area contributed by atoms with Gasteiger partial charge in [-0.1, -0.05) is 0 Å². The van der Waals surface area contributed by atoms with Gasteiger partial charge in [0.25, 0.3) is 0 Å². The molecule has 94 valence electrons. The number of hydrogen-bond acceptors (Lipinski definition) is 4. The number of methoxy groups -OCH3 is 1. The molecule has 0 aliphatic carbocycles. The van der Waals surface area contributed by atoms with Gasteiger partial charge in [-0.3, -0.25) is 0 Å². The molecular weight excluding hydrogens is 257 g/mol. The predicted octanol–water partition coefficient (Wildman–Crippen LogP) is 2.96. The highest BCUT2D eigenvalue weighted by molar-refractivity contribution is 7.17. The zero-order chi connectivity index (χ0) is 13.3. The number of halogens is 1. The molecule has 0 saturated carbocycles. The highest BCUT2D eigenvalue weighted by atomic mass is 32.1. The lowest BCUT2D eigenvalue weighted by Gasteiger charge is -2.05. The maximum atomic E-state index is 13.1. The summed E-state index contributed by atoms with van der Waals surface area (Å²) in [5.74, 6) is -1.10. The van der Waals surface area contributed by atoms with Crippen LogP contribution in [0.4, 0.5) is 4.39 Å². The van der Waals surface area contributed by atoms with Crippen molar-refractivity contribution in [2.45, 2.75) is 6.92 Å². The molecule has 0 radical (unpaired) electrons. The molecule has 0 amide bonds. The summed E-state index contributed by atoms with van der Waals surface area (Å²) in [5, 5.41) is 9.48. The van der Waals surface area contributed by atoms with E-state index in [-0.39, 0.29) is 4.88 Å². The molecule has 1 heterocycles. The highest BCUT2D eigenvalue weighted by Gasteiger charge is 2.17. The van der Waals surface area contributed by atoms with Crippen molar-refractivity contribution in [2.75, 3.05) is 7.11 Å². The van der Waals surface area contributed by atoms with E-state index in [1.54, 1.807) is 6.92 Å². The van der Waals surface area contributed by atoms with Gasteiger partial charge in [0.1, 0.15) is 21.5 Å². The molecule has 18 heavy (non-hydrogen) atoms. The van der Waals surface area contributed by atoms with Gasteiger partial charge < -0.3 is 9.84 Å². The fourth-order valence-electron chi connectivity index (χ4n) is 1.55. The first-order chi connectivity index (χ1) is 8.52. The summed E-state index contributed by atoms with van der Waals surface area (Å²) in [5.41, 5.74) is 1.02. The lowest BCUT2D eigenvalue weighted by Crippen LogP contribution is -1.94. The quantitative estimate of drug-likeness (QED) is 0.928. The third-order valence-electron chi connectivity index (χ3n) is 2.38. The van der Waals surface area contributed by atoms with Gasteiger partial charge in [0.15, 0.2) is 0 Å². The minimum atomic E-state index is -1.02. The summed E-state index contributed by atoms with van der Waals surface area (Å²) in [6.45, 7) is 1.62. The summed E-state index contributed by atoms with van der Waals surface area (Å²) in [4.78, 5) is 15.3. The molecule has 6 heteroatoms. The number of rotatable bonds is 3. The molecule has 1 N–H and O–H groups in total. The first-order valence-electron chi connectivity index (χ1n) is 5.07. The Labute approximate surface area is 107 Å². The number of carboxylic acid groups (broad SMARTS) is 1. The molecule has 0 bridgehead atoms. The zero-order valence-corrected chi connectivity index (χ0v) is 10.5. The monoisotopic (exact) mass is 267 g/mol. The van der Waals surface area contributed by atoms with Gasteiger partial charge >= 0.3 is 5.97 Å². The van der Waals surface area contributed by atoms with Crippen LogP contribution in [0.25, 0.3) is 10.6 Å². The standard InChI is InChI=1S/C12H10FNO3S/c1-6-10(12(15)16)18-11(14-6)8-4-3-7(13)5-9(8)17-2/h3-5H,1-2H3,(H,15,16). The van der Waals surface area contributed by atoms with E-state index in [1.165, 1.54) is 25.3 Å². The maximum Gasteiger partial charge on any atom is 0.347 e. The number of ether oxygens (including phenoxy) is 1. The molecule has 2 rings (SSSR count). The first kappa shape index (κ1) is 12.5. The lowest BCUT2D eigenvalue weighted by atomic mass is 10.2. The number of thiazole rings is 1. The van der Waals surface area contributed by atoms with Crippen LogP contribution < -0.4 is 4.74 Å². The fourth-order valence-corrected chi connectivity index (χ4v) is 2.49. The van der Waals surface area contributed by atoms with E-state index in [2.05, 4.69) is 4.98 Å². The Balaban J connectivity index is 2.55. The molecule has 1 aromatic carbocycles. The number of carboxylic acids is 1. The molecule has 4 nitrogen and oxygen atoms in total. The van der Waals surface area contributed by atoms with Crippen molar-refractivity contribution in [1.29, 1.82) is 0 Å². The molecule has 0 saturated heterocycles. The second kappa shape index (κ2) is 4.73. The Morgan fingerprint density at radius 3 is 2.78 bits per heavy atom. The Hall–Kier alpha value is -1.95. The summed E-state index contributed by atoms with van der Waals surface area (Å²) in [7, 11) is 1.43. The highest BCUT2D eigenvalue weighted by Crippen LogP contribution is 2.34. The van der Waals surface area contributed by atoms with Gasteiger partial charge in [0, 0.05) is 6.07 Å². The summed E-state index contributed by atoms with van der Waals surface area (Å²) < 4.78 is 18.1. The maximum absolute atomic E-state index is 13.1. The topological polar surface area (TPSA) is 59.4 Å². The molecule has 0 fully saturated rings. The van der Waals surface area contributed by atoms with Crippen LogP contribution in [-0.2, 0) is 0 Å². The van der Waals surface area contributed by atoms with Crippen LogP contribution in [0.5, 0.6) is 5.75 Å². The van der Waals surface area contributed by atoms with E-state index in [4.69, 9.17) is 9.84 Å². The van der Waals surface area contributed by atoms with Gasteiger partial charge in [-0.05, 0) is 19.1 Å². The van der Waals surface area contributed by atoms with Crippen LogP contribution in [0.3, 0.4) is 0 Å². The van der Waals surface area contributed by atoms with Gasteiger partial charge in [0.05, 0.1) is 18.4 Å². The average Bonchev–Trinajstić information content (AvgIpc) is 2.71. The van der Waals surface area contributed by atoms with Crippen molar-refractivity contribution in [1.82, 2.24) is 4.98 Å². The van der Waals surface area contributed by atoms with Gasteiger partial charge in [-0.25, -0.2) is 14.2 Å². The largest absolute Gasteiger partial charge is 0.496 e. The van der Waals surface area contributed by atoms with Gasteiger partial charge in [-0.2, -0.15) is 0 Å². The van der Waals surface area contributed by atoms with Crippen molar-refractivity contribution >= 4 is 17.3 Å². The number of nitrogens with zero attached hydrogens (tertiary/aromatic N) is 1. The van der Waals surface area contributed by atoms with E-state index in [0.29, 0.717) is 22.0 Å². The Morgan fingerprint density at radius 1 is 1.50 bits per heavy atom. The van der Waals surface area contributed by atoms with Crippen LogP contribution in [0.1, 0.15) is 15.4 Å². The number of carbonyl (C=O) groups is 1. The van der Waals surface area contributed by atoms with E-state index in [1.807, 2.05) is 0 Å². The minimum Gasteiger partial charge on any atom is -0.496 e. The van der Waals surface area contributed by atoms with Crippen LogP contribution in [-0.4, -0.2) is 23.2 Å². The van der Waals surface area contributed by atoms with Crippen LogP contribution in [0, 0.1) is 12.7 Å². The number of aromatic carboxylic acids is 1. The van der Waals surface area contributed by atoms with Crippen molar-refractivity contribution in [2.24, 2.45) is 0 Å². The van der Waals surface area contributed by atoms with E-state index >= 15 is 0 Å². The summed E-state index contributed by atoms with van der Waals surface area (Å²) in [6, 6.07) is 4.06. The zero-order valence-electron chi connectivity index (χ0n) is 9.73. The van der Waals surface area contributed by atoms with Crippen LogP contribution >= 0.6 is 11.3 Å². The number of aromatic nitrogens is 1. The molecule has 2 aromatic rings. The van der Waals surface area contributed by atoms with Crippen molar-refractivity contribution in [3.63, 3.8) is 0 Å². The Kier molecular flexibility index (Phi) is 3.29. The second-order valence-electron chi connectivity index (χ2n) is 3.58. The van der Waals surface area contributed by atoms with Crippen molar-refractivity contribution < 1.29 is 19.0 Å². The fraction of sp³-hybridized carbons (Fsp3) is 0.167. The third-order valence-corrected chi connectivity index (χ3v) is 3.56. The third kappa shape index (κ3) is 2.19. The minimum absolute atomic E-state index is 0.177. The molecular formula is C12H10FNO3S. The molecule has 0 atom stereocenters. The SMILES string of the molecule is COc1cc(F)ccc1-c1nc(C)c(C(=O)O)s1. The number of hydrogen-bond donors (Lipinski definition) is 1. The van der Waals surface area contributed by atoms with E-state index in [9.17, 15) is 9.18 Å². The smallest absolute Gasteiger partial charge is 0.347 e.